The topological polar surface area (TPSA) is 0 Å². The molecule has 0 aliphatic heterocycles. The highest BCUT2D eigenvalue weighted by Gasteiger charge is 2.23. The van der Waals surface area contributed by atoms with Gasteiger partial charge in [0.25, 0.3) is 0 Å². The minimum Gasteiger partial charge on any atom is -0.0661 e. The predicted molar refractivity (Wildman–Crippen MR) is 124 cm³/mol. The first-order valence-corrected chi connectivity index (χ1v) is 10.6. The Bertz CT molecular complexity index is 834. The van der Waals surface area contributed by atoms with Gasteiger partial charge in [-0.05, 0) is 36.8 Å². The van der Waals surface area contributed by atoms with Crippen LogP contribution in [-0.4, -0.2) is 0 Å². The highest BCUT2D eigenvalue weighted by atomic mass is 14.3. The zero-order valence-corrected chi connectivity index (χ0v) is 17.2. The summed E-state index contributed by atoms with van der Waals surface area (Å²) in [7, 11) is 0. The highest BCUT2D eigenvalue weighted by Crippen LogP contribution is 2.37. The highest BCUT2D eigenvalue weighted by molar-refractivity contribution is 5.52. The second-order valence-electron chi connectivity index (χ2n) is 7.86. The molecule has 1 fully saturated rings. The van der Waals surface area contributed by atoms with E-state index in [-0.39, 0.29) is 0 Å². The van der Waals surface area contributed by atoms with Crippen LogP contribution in [0.25, 0.3) is 12.2 Å². The van der Waals surface area contributed by atoms with E-state index in [1.807, 2.05) is 0 Å². The van der Waals surface area contributed by atoms with E-state index in [2.05, 4.69) is 111 Å². The van der Waals surface area contributed by atoms with Crippen molar-refractivity contribution >= 4 is 12.2 Å². The van der Waals surface area contributed by atoms with Crippen LogP contribution in [-0.2, 0) is 0 Å². The molecule has 0 N–H and O–H groups in total. The Morgan fingerprint density at radius 2 is 1.36 bits per heavy atom. The minimum absolute atomic E-state index is 0.554. The van der Waals surface area contributed by atoms with Gasteiger partial charge in [0.2, 0.25) is 0 Å². The summed E-state index contributed by atoms with van der Waals surface area (Å²) >= 11 is 0. The van der Waals surface area contributed by atoms with Crippen molar-refractivity contribution in [1.82, 2.24) is 0 Å². The second-order valence-corrected chi connectivity index (χ2v) is 7.86. The number of benzene rings is 2. The van der Waals surface area contributed by atoms with Gasteiger partial charge in [-0.3, -0.25) is 0 Å². The molecule has 0 bridgehead atoms. The standard InChI is InChI=1S/C28H32/c1-23-13-9-10-21-27(24(2)14-11-19-25-15-5-3-6-16-25)28(23)22-12-20-26-17-7-4-8-18-26/h3-8,11-12,14-20,22-23,27H,9-10,13,21H2,1-2H3. The van der Waals surface area contributed by atoms with E-state index in [0.717, 1.165) is 0 Å². The average Bonchev–Trinajstić information content (AvgIpc) is 2.91. The Labute approximate surface area is 171 Å². The zero-order valence-electron chi connectivity index (χ0n) is 17.2. The summed E-state index contributed by atoms with van der Waals surface area (Å²) < 4.78 is 0. The molecule has 0 heterocycles. The van der Waals surface area contributed by atoms with Crippen LogP contribution in [0.5, 0.6) is 0 Å². The van der Waals surface area contributed by atoms with Crippen LogP contribution >= 0.6 is 0 Å². The van der Waals surface area contributed by atoms with Gasteiger partial charge >= 0.3 is 0 Å². The van der Waals surface area contributed by atoms with Crippen molar-refractivity contribution < 1.29 is 0 Å². The Balaban J connectivity index is 1.78. The molecule has 0 nitrogen and oxygen atoms in total. The van der Waals surface area contributed by atoms with Crippen molar-refractivity contribution in [2.45, 2.75) is 39.5 Å². The van der Waals surface area contributed by atoms with Gasteiger partial charge in [-0.25, -0.2) is 0 Å². The summed E-state index contributed by atoms with van der Waals surface area (Å²) in [6, 6.07) is 21.1. The molecule has 1 saturated carbocycles. The van der Waals surface area contributed by atoms with Crippen molar-refractivity contribution in [1.29, 1.82) is 0 Å². The van der Waals surface area contributed by atoms with Gasteiger partial charge in [0.1, 0.15) is 0 Å². The average molecular weight is 369 g/mol. The molecule has 2 unspecified atom stereocenters. The molecule has 3 rings (SSSR count). The minimum atomic E-state index is 0.554. The third kappa shape index (κ3) is 5.96. The molecule has 0 heteroatoms. The van der Waals surface area contributed by atoms with Crippen LogP contribution < -0.4 is 0 Å². The van der Waals surface area contributed by atoms with E-state index in [1.165, 1.54) is 42.4 Å². The molecule has 0 saturated heterocycles. The number of rotatable bonds is 5. The summed E-state index contributed by atoms with van der Waals surface area (Å²) in [6.45, 7) is 4.69. The van der Waals surface area contributed by atoms with E-state index < -0.39 is 0 Å². The Morgan fingerprint density at radius 3 is 2.00 bits per heavy atom. The van der Waals surface area contributed by atoms with Gasteiger partial charge < -0.3 is 0 Å². The Morgan fingerprint density at radius 1 is 0.786 bits per heavy atom. The molecule has 1 aliphatic rings. The molecule has 28 heavy (non-hydrogen) atoms. The first kappa shape index (κ1) is 20.1. The Hall–Kier alpha value is -2.60. The van der Waals surface area contributed by atoms with Gasteiger partial charge in [0.05, 0.1) is 0 Å². The quantitative estimate of drug-likeness (QED) is 0.369. The smallest absolute Gasteiger partial charge is 0.00131 e. The fraction of sp³-hybridized carbons (Fsp3) is 0.286. The number of allylic oxidation sites excluding steroid dienone is 6. The van der Waals surface area contributed by atoms with Crippen LogP contribution in [0.2, 0.25) is 0 Å². The largest absolute Gasteiger partial charge is 0.0661 e. The molecule has 0 aromatic heterocycles. The lowest BCUT2D eigenvalue weighted by Gasteiger charge is -2.23. The predicted octanol–water partition coefficient (Wildman–Crippen LogP) is 8.11. The monoisotopic (exact) mass is 368 g/mol. The maximum absolute atomic E-state index is 2.40. The molecule has 0 radical (unpaired) electrons. The number of hydrogen-bond donors (Lipinski definition) is 0. The lowest BCUT2D eigenvalue weighted by atomic mass is 9.82. The molecule has 2 aromatic rings. The summed E-state index contributed by atoms with van der Waals surface area (Å²) in [5.74, 6) is 1.20. The van der Waals surface area contributed by atoms with Gasteiger partial charge in [0.15, 0.2) is 0 Å². The molecular weight excluding hydrogens is 336 g/mol. The van der Waals surface area contributed by atoms with E-state index in [0.29, 0.717) is 11.8 Å². The molecule has 1 aliphatic carbocycles. The van der Waals surface area contributed by atoms with Crippen molar-refractivity contribution in [2.75, 3.05) is 0 Å². The maximum atomic E-state index is 2.40. The molecule has 144 valence electrons. The van der Waals surface area contributed by atoms with Crippen LogP contribution in [0.4, 0.5) is 0 Å². The van der Waals surface area contributed by atoms with Gasteiger partial charge in [0, 0.05) is 5.92 Å². The summed E-state index contributed by atoms with van der Waals surface area (Å²) in [4.78, 5) is 0. The first-order valence-electron chi connectivity index (χ1n) is 10.6. The molecule has 2 aromatic carbocycles. The van der Waals surface area contributed by atoms with E-state index >= 15 is 0 Å². The molecular formula is C28H32. The fourth-order valence-electron chi connectivity index (χ4n) is 4.07. The lowest BCUT2D eigenvalue weighted by molar-refractivity contribution is 0.580. The van der Waals surface area contributed by atoms with E-state index in [4.69, 9.17) is 0 Å². The third-order valence-corrected chi connectivity index (χ3v) is 5.73. The second kappa shape index (κ2) is 10.7. The van der Waals surface area contributed by atoms with Gasteiger partial charge in [-0.15, -0.1) is 0 Å². The lowest BCUT2D eigenvalue weighted by Crippen LogP contribution is -2.10. The van der Waals surface area contributed by atoms with Gasteiger partial charge in [-0.2, -0.15) is 0 Å². The Kier molecular flexibility index (Phi) is 7.67. The first-order chi connectivity index (χ1) is 13.7. The third-order valence-electron chi connectivity index (χ3n) is 5.73. The molecule has 0 amide bonds. The summed E-state index contributed by atoms with van der Waals surface area (Å²) in [5, 5.41) is 0. The van der Waals surface area contributed by atoms with Crippen molar-refractivity contribution in [3.8, 4) is 0 Å². The van der Waals surface area contributed by atoms with Gasteiger partial charge in [-0.1, -0.05) is 128 Å². The molecule has 0 spiro atoms. The van der Waals surface area contributed by atoms with Crippen LogP contribution in [0, 0.1) is 11.8 Å². The van der Waals surface area contributed by atoms with Crippen molar-refractivity contribution in [3.05, 3.63) is 107 Å². The summed E-state index contributed by atoms with van der Waals surface area (Å²) in [6.07, 6.45) is 18.8. The van der Waals surface area contributed by atoms with Crippen molar-refractivity contribution in [2.24, 2.45) is 11.8 Å². The summed E-state index contributed by atoms with van der Waals surface area (Å²) in [5.41, 5.74) is 5.57. The van der Waals surface area contributed by atoms with Crippen LogP contribution in [0.3, 0.4) is 0 Å². The fourth-order valence-corrected chi connectivity index (χ4v) is 4.07. The molecule has 2 atom stereocenters. The maximum Gasteiger partial charge on any atom is 0.00131 e. The van der Waals surface area contributed by atoms with Crippen LogP contribution in [0.15, 0.2) is 96.1 Å². The van der Waals surface area contributed by atoms with Crippen LogP contribution in [0.1, 0.15) is 50.7 Å². The normalized spacial score (nSPS) is 22.8. The van der Waals surface area contributed by atoms with Crippen molar-refractivity contribution in [3.63, 3.8) is 0 Å². The zero-order chi connectivity index (χ0) is 19.6. The number of hydrogen-bond acceptors (Lipinski definition) is 0. The SMILES string of the molecule is CC(=CC=Cc1ccccc1)C1CCCCC(C)C1=CC=Cc1ccccc1. The van der Waals surface area contributed by atoms with E-state index in [1.54, 1.807) is 5.57 Å². The van der Waals surface area contributed by atoms with E-state index in [9.17, 15) is 0 Å².